The summed E-state index contributed by atoms with van der Waals surface area (Å²) in [5.41, 5.74) is 6.44. The molecule has 0 radical (unpaired) electrons. The number of benzene rings is 1. The van der Waals surface area contributed by atoms with Gasteiger partial charge in [-0.1, -0.05) is 12.1 Å². The fourth-order valence-corrected chi connectivity index (χ4v) is 3.25. The average Bonchev–Trinajstić information content (AvgIpc) is 2.13. The van der Waals surface area contributed by atoms with Crippen molar-refractivity contribution in [2.24, 2.45) is 5.73 Å². The second-order valence-corrected chi connectivity index (χ2v) is 6.94. The third-order valence-corrected chi connectivity index (χ3v) is 4.96. The Kier molecular flexibility index (Phi) is 3.01. The molecule has 1 aliphatic heterocycles. The van der Waals surface area contributed by atoms with E-state index in [1.54, 1.807) is 24.3 Å². The molecule has 0 spiro atoms. The molecule has 1 aromatic rings. The van der Waals surface area contributed by atoms with Crippen LogP contribution in [0.1, 0.15) is 25.8 Å². The molecular formula is C12H18N2O2S. The van der Waals surface area contributed by atoms with Crippen LogP contribution in [0.25, 0.3) is 0 Å². The van der Waals surface area contributed by atoms with Gasteiger partial charge >= 0.3 is 0 Å². The van der Waals surface area contributed by atoms with Crippen LogP contribution in [0.4, 0.5) is 0 Å². The molecule has 0 atom stereocenters. The minimum absolute atomic E-state index is 0.352. The minimum Gasteiger partial charge on any atom is -0.322 e. The molecule has 1 heterocycles. The van der Waals surface area contributed by atoms with E-state index in [1.165, 1.54) is 4.31 Å². The molecule has 1 aliphatic rings. The lowest BCUT2D eigenvalue weighted by molar-refractivity contribution is 0.309. The van der Waals surface area contributed by atoms with Crippen molar-refractivity contribution < 1.29 is 8.42 Å². The smallest absolute Gasteiger partial charge is 0.243 e. The Morgan fingerprint density at radius 2 is 1.71 bits per heavy atom. The van der Waals surface area contributed by atoms with Crippen molar-refractivity contribution in [2.45, 2.75) is 30.7 Å². The summed E-state index contributed by atoms with van der Waals surface area (Å²) in [5.74, 6) is 0. The van der Waals surface area contributed by atoms with Gasteiger partial charge in [0.15, 0.2) is 0 Å². The van der Waals surface area contributed by atoms with Gasteiger partial charge in [0.25, 0.3) is 0 Å². The van der Waals surface area contributed by atoms with Crippen molar-refractivity contribution in [1.29, 1.82) is 0 Å². The number of rotatable bonds is 3. The van der Waals surface area contributed by atoms with E-state index >= 15 is 0 Å². The molecule has 1 aromatic carbocycles. The predicted octanol–water partition coefficient (Wildman–Crippen LogP) is 1.27. The minimum atomic E-state index is -3.27. The first kappa shape index (κ1) is 12.5. The third kappa shape index (κ3) is 2.36. The average molecular weight is 254 g/mol. The second kappa shape index (κ2) is 4.08. The Morgan fingerprint density at radius 1 is 1.18 bits per heavy atom. The molecule has 0 amide bonds. The first-order chi connectivity index (χ1) is 7.82. The van der Waals surface area contributed by atoms with Crippen LogP contribution < -0.4 is 5.73 Å². The van der Waals surface area contributed by atoms with Crippen LogP contribution in [0.15, 0.2) is 29.2 Å². The van der Waals surface area contributed by atoms with Crippen LogP contribution in [0.5, 0.6) is 0 Å². The molecule has 1 saturated heterocycles. The Balaban J connectivity index is 2.29. The molecule has 2 rings (SSSR count). The van der Waals surface area contributed by atoms with E-state index in [4.69, 9.17) is 5.73 Å². The summed E-state index contributed by atoms with van der Waals surface area (Å²) in [5, 5.41) is 0. The topological polar surface area (TPSA) is 63.4 Å². The van der Waals surface area contributed by atoms with Gasteiger partial charge < -0.3 is 5.73 Å². The summed E-state index contributed by atoms with van der Waals surface area (Å²) in [6.45, 7) is 5.05. The molecular weight excluding hydrogens is 236 g/mol. The summed E-state index contributed by atoms with van der Waals surface area (Å²) < 4.78 is 25.6. The maximum atomic E-state index is 12.1. The lowest BCUT2D eigenvalue weighted by atomic mass is 9.96. The van der Waals surface area contributed by atoms with Crippen molar-refractivity contribution in [2.75, 3.05) is 13.1 Å². The Morgan fingerprint density at radius 3 is 2.06 bits per heavy atom. The highest BCUT2D eigenvalue weighted by Crippen LogP contribution is 2.23. The van der Waals surface area contributed by atoms with E-state index in [0.29, 0.717) is 18.0 Å². The van der Waals surface area contributed by atoms with Crippen molar-refractivity contribution in [3.63, 3.8) is 0 Å². The maximum absolute atomic E-state index is 12.1. The normalized spacial score (nSPS) is 17.8. The van der Waals surface area contributed by atoms with Gasteiger partial charge in [-0.05, 0) is 38.0 Å². The Hall–Kier alpha value is -0.910. The molecule has 17 heavy (non-hydrogen) atoms. The largest absolute Gasteiger partial charge is 0.322 e. The van der Waals surface area contributed by atoms with Crippen LogP contribution >= 0.6 is 0 Å². The second-order valence-electron chi connectivity index (χ2n) is 5.00. The summed E-state index contributed by atoms with van der Waals surface area (Å²) in [6, 6.07) is 6.84. The number of nitrogens with zero attached hydrogens (tertiary/aromatic N) is 1. The van der Waals surface area contributed by atoms with E-state index in [-0.39, 0.29) is 0 Å². The fourth-order valence-electron chi connectivity index (χ4n) is 1.73. The van der Waals surface area contributed by atoms with Gasteiger partial charge in [0, 0.05) is 18.6 Å². The van der Waals surface area contributed by atoms with E-state index < -0.39 is 15.6 Å². The number of hydrogen-bond acceptors (Lipinski definition) is 3. The molecule has 0 aromatic heterocycles. The van der Waals surface area contributed by atoms with Crippen LogP contribution in [0, 0.1) is 0 Å². The van der Waals surface area contributed by atoms with Crippen molar-refractivity contribution in [3.8, 4) is 0 Å². The maximum Gasteiger partial charge on any atom is 0.243 e. The summed E-state index contributed by atoms with van der Waals surface area (Å²) in [6.07, 6.45) is 0.952. The van der Waals surface area contributed by atoms with Gasteiger partial charge in [-0.15, -0.1) is 0 Å². The number of hydrogen-bond donors (Lipinski definition) is 1. The number of sulfonamides is 1. The standard InChI is InChI=1S/C12H18N2O2S/c1-12(2,13)10-4-6-11(7-5-10)17(15,16)14-8-3-9-14/h4-7H,3,8-9,13H2,1-2H3. The van der Waals surface area contributed by atoms with E-state index in [9.17, 15) is 8.42 Å². The molecule has 5 heteroatoms. The monoisotopic (exact) mass is 254 g/mol. The SMILES string of the molecule is CC(C)(N)c1ccc(S(=O)(=O)N2CCC2)cc1. The summed E-state index contributed by atoms with van der Waals surface area (Å²) >= 11 is 0. The lowest BCUT2D eigenvalue weighted by Gasteiger charge is -2.30. The van der Waals surface area contributed by atoms with Gasteiger partial charge in [0.1, 0.15) is 0 Å². The molecule has 0 saturated carbocycles. The first-order valence-electron chi connectivity index (χ1n) is 5.71. The highest BCUT2D eigenvalue weighted by molar-refractivity contribution is 7.89. The highest BCUT2D eigenvalue weighted by atomic mass is 32.2. The van der Waals surface area contributed by atoms with Crippen molar-refractivity contribution >= 4 is 10.0 Å². The zero-order valence-electron chi connectivity index (χ0n) is 10.2. The van der Waals surface area contributed by atoms with Gasteiger partial charge in [0.2, 0.25) is 10.0 Å². The molecule has 4 nitrogen and oxygen atoms in total. The van der Waals surface area contributed by atoms with Crippen LogP contribution in [-0.2, 0) is 15.6 Å². The third-order valence-electron chi connectivity index (χ3n) is 3.05. The Labute approximate surface area is 102 Å². The van der Waals surface area contributed by atoms with Crippen molar-refractivity contribution in [1.82, 2.24) is 4.31 Å². The van der Waals surface area contributed by atoms with Crippen LogP contribution in [0.2, 0.25) is 0 Å². The highest BCUT2D eigenvalue weighted by Gasteiger charge is 2.29. The lowest BCUT2D eigenvalue weighted by Crippen LogP contribution is -2.41. The quantitative estimate of drug-likeness (QED) is 0.883. The zero-order valence-corrected chi connectivity index (χ0v) is 11.0. The van der Waals surface area contributed by atoms with Crippen molar-refractivity contribution in [3.05, 3.63) is 29.8 Å². The number of nitrogens with two attached hydrogens (primary N) is 1. The molecule has 0 aliphatic carbocycles. The molecule has 0 unspecified atom stereocenters. The van der Waals surface area contributed by atoms with Gasteiger partial charge in [-0.25, -0.2) is 8.42 Å². The zero-order chi connectivity index (χ0) is 12.7. The summed E-state index contributed by atoms with van der Waals surface area (Å²) in [4.78, 5) is 0.352. The Bertz CT molecular complexity index is 496. The first-order valence-corrected chi connectivity index (χ1v) is 7.15. The fraction of sp³-hybridized carbons (Fsp3) is 0.500. The van der Waals surface area contributed by atoms with E-state index in [2.05, 4.69) is 0 Å². The molecule has 94 valence electrons. The van der Waals surface area contributed by atoms with Crippen LogP contribution in [0.3, 0.4) is 0 Å². The van der Waals surface area contributed by atoms with Gasteiger partial charge in [-0.2, -0.15) is 4.31 Å². The van der Waals surface area contributed by atoms with Crippen LogP contribution in [-0.4, -0.2) is 25.8 Å². The molecule has 0 bridgehead atoms. The van der Waals surface area contributed by atoms with E-state index in [0.717, 1.165) is 12.0 Å². The summed E-state index contributed by atoms with van der Waals surface area (Å²) in [7, 11) is -3.27. The predicted molar refractivity (Wildman–Crippen MR) is 67.0 cm³/mol. The molecule has 1 fully saturated rings. The van der Waals surface area contributed by atoms with Gasteiger partial charge in [-0.3, -0.25) is 0 Å². The molecule has 2 N–H and O–H groups in total. The van der Waals surface area contributed by atoms with E-state index in [1.807, 2.05) is 13.8 Å². The van der Waals surface area contributed by atoms with Gasteiger partial charge in [0.05, 0.1) is 4.90 Å².